The average molecular weight is 648 g/mol. The molecule has 4 atom stereocenters. The van der Waals surface area contributed by atoms with Crippen LogP contribution in [0.25, 0.3) is 0 Å². The van der Waals surface area contributed by atoms with E-state index in [0.717, 1.165) is 0 Å². The fourth-order valence-electron chi connectivity index (χ4n) is 1.71. The molecule has 0 aromatic carbocycles. The predicted octanol–water partition coefficient (Wildman–Crippen LogP) is -4.19. The summed E-state index contributed by atoms with van der Waals surface area (Å²) in [5, 5.41) is 18.8. The first-order valence-electron chi connectivity index (χ1n) is 7.29. The molecular formula is C9H20IN2O17P3. The number of H-pyrrole nitrogens is 1. The third kappa shape index (κ3) is 20.2. The van der Waals surface area contributed by atoms with E-state index in [4.69, 9.17) is 67.6 Å². The van der Waals surface area contributed by atoms with Gasteiger partial charge in [-0.25, -0.2) is 18.5 Å². The third-order valence-electron chi connectivity index (χ3n) is 2.60. The van der Waals surface area contributed by atoms with Crippen LogP contribution in [-0.4, -0.2) is 86.5 Å². The van der Waals surface area contributed by atoms with E-state index in [1.54, 1.807) is 0 Å². The molecule has 0 amide bonds. The first-order valence-corrected chi connectivity index (χ1v) is 13.2. The minimum Gasteiger partial charge on any atom is -0.394 e. The largest absolute Gasteiger partial charge is 0.466 e. The number of hydrogen-bond donors (Lipinski definition) is 12. The lowest BCUT2D eigenvalue weighted by Crippen LogP contribution is -2.35. The second-order valence-electron chi connectivity index (χ2n) is 5.24. The number of alkyl halides is 1. The van der Waals surface area contributed by atoms with E-state index in [2.05, 4.69) is 4.98 Å². The summed E-state index contributed by atoms with van der Waals surface area (Å²) in [5.74, 6) is 0. The number of nitrogens with zero attached hydrogens (tertiary/aromatic N) is 1. The van der Waals surface area contributed by atoms with Crippen molar-refractivity contribution >= 4 is 46.1 Å². The number of aromatic nitrogens is 2. The van der Waals surface area contributed by atoms with E-state index in [1.807, 2.05) is 22.6 Å². The molecule has 2 rings (SSSR count). The van der Waals surface area contributed by atoms with Crippen molar-refractivity contribution in [3.63, 3.8) is 0 Å². The van der Waals surface area contributed by atoms with Crippen molar-refractivity contribution in [2.75, 3.05) is 6.61 Å². The SMILES string of the molecule is O=P(O)(O)O.O=P(O)(O)O.O=P(O)(O)O.O=c1ccn([C@@H]2O[C@H](CO)[C@@H](O)[C@@H]2I)c(=O)[nH]1. The van der Waals surface area contributed by atoms with Gasteiger partial charge < -0.3 is 59.0 Å². The second kappa shape index (κ2) is 14.1. The van der Waals surface area contributed by atoms with Crippen LogP contribution in [0.5, 0.6) is 0 Å². The van der Waals surface area contributed by atoms with Crippen molar-refractivity contribution < 1.29 is 72.7 Å². The maximum Gasteiger partial charge on any atom is 0.466 e. The molecule has 19 nitrogen and oxygen atoms in total. The third-order valence-corrected chi connectivity index (χ3v) is 3.95. The van der Waals surface area contributed by atoms with Crippen LogP contribution < -0.4 is 11.2 Å². The van der Waals surface area contributed by atoms with Crippen LogP contribution in [0, 0.1) is 0 Å². The molecule has 0 spiro atoms. The number of aromatic amines is 1. The summed E-state index contributed by atoms with van der Waals surface area (Å²) in [5.41, 5.74) is -1.09. The van der Waals surface area contributed by atoms with E-state index in [-0.39, 0.29) is 10.5 Å². The van der Waals surface area contributed by atoms with E-state index >= 15 is 0 Å². The van der Waals surface area contributed by atoms with E-state index in [0.29, 0.717) is 0 Å². The number of hydrogen-bond acceptors (Lipinski definition) is 8. The molecule has 1 aromatic heterocycles. The number of rotatable bonds is 2. The standard InChI is InChI=1S/C9H11IN2O5.3H3O4P/c10-6-7(15)4(3-13)17-8(6)12-2-1-5(14)11-9(12)16;3*1-5(2,3)4/h1-2,4,6-8,13,15H,3H2,(H,11,14,16);3*(H3,1,2,3,4)/t4-,6+,7-,8-;;;/m1.../s1. The Balaban J connectivity index is 0. The highest BCUT2D eigenvalue weighted by molar-refractivity contribution is 14.1. The lowest BCUT2D eigenvalue weighted by atomic mass is 10.2. The molecule has 2 heterocycles. The van der Waals surface area contributed by atoms with Crippen molar-refractivity contribution in [1.82, 2.24) is 9.55 Å². The van der Waals surface area contributed by atoms with Gasteiger partial charge in [-0.1, -0.05) is 22.6 Å². The first kappa shape index (κ1) is 33.8. The monoisotopic (exact) mass is 648 g/mol. The van der Waals surface area contributed by atoms with Crippen LogP contribution >= 0.6 is 46.1 Å². The number of aliphatic hydroxyl groups is 2. The molecule has 1 aliphatic heterocycles. The Labute approximate surface area is 190 Å². The van der Waals surface area contributed by atoms with Gasteiger partial charge in [-0.3, -0.25) is 14.3 Å². The van der Waals surface area contributed by atoms with Gasteiger partial charge in [0.15, 0.2) is 6.23 Å². The molecular weight excluding hydrogens is 628 g/mol. The predicted molar refractivity (Wildman–Crippen MR) is 109 cm³/mol. The normalized spacial score (nSPS) is 23.0. The summed E-state index contributed by atoms with van der Waals surface area (Å²) < 4.78 is 32.8. The molecule has 12 N–H and O–H groups in total. The number of aliphatic hydroxyl groups excluding tert-OH is 2. The summed E-state index contributed by atoms with van der Waals surface area (Å²) in [4.78, 5) is 89.3. The maximum atomic E-state index is 11.6. The molecule has 23 heteroatoms. The summed E-state index contributed by atoms with van der Waals surface area (Å²) >= 11 is 1.95. The topological polar surface area (TPSA) is 338 Å². The zero-order chi connectivity index (χ0) is 26.1. The van der Waals surface area contributed by atoms with Crippen LogP contribution in [0.4, 0.5) is 0 Å². The number of nitrogens with one attached hydrogen (secondary N) is 1. The summed E-state index contributed by atoms with van der Waals surface area (Å²) in [6.45, 7) is -0.324. The van der Waals surface area contributed by atoms with Crippen molar-refractivity contribution in [1.29, 1.82) is 0 Å². The molecule has 190 valence electrons. The molecule has 1 aromatic rings. The molecule has 0 saturated carbocycles. The fraction of sp³-hybridized carbons (Fsp3) is 0.556. The fourth-order valence-corrected chi connectivity index (χ4v) is 2.69. The van der Waals surface area contributed by atoms with Crippen LogP contribution in [0.2, 0.25) is 0 Å². The van der Waals surface area contributed by atoms with Crippen molar-refractivity contribution in [2.24, 2.45) is 0 Å². The Kier molecular flexibility index (Phi) is 14.9. The summed E-state index contributed by atoms with van der Waals surface area (Å²) in [7, 11) is -13.9. The smallest absolute Gasteiger partial charge is 0.394 e. The molecule has 0 unspecified atom stereocenters. The van der Waals surface area contributed by atoms with Gasteiger partial charge >= 0.3 is 29.2 Å². The Morgan fingerprint density at radius 1 is 0.938 bits per heavy atom. The minimum absolute atomic E-state index is 0.324. The van der Waals surface area contributed by atoms with Gasteiger partial charge in [0.05, 0.1) is 16.6 Å². The van der Waals surface area contributed by atoms with Gasteiger partial charge in [0, 0.05) is 12.3 Å². The number of halogens is 1. The molecule has 0 bridgehead atoms. The van der Waals surface area contributed by atoms with Gasteiger partial charge in [-0.05, 0) is 0 Å². The van der Waals surface area contributed by atoms with Crippen molar-refractivity contribution in [3.05, 3.63) is 33.1 Å². The van der Waals surface area contributed by atoms with E-state index in [9.17, 15) is 14.7 Å². The minimum atomic E-state index is -4.64. The zero-order valence-electron chi connectivity index (χ0n) is 15.2. The lowest BCUT2D eigenvalue weighted by molar-refractivity contribution is -0.0456. The molecule has 0 aliphatic carbocycles. The summed E-state index contributed by atoms with van der Waals surface area (Å²) in [6, 6.07) is 1.20. The van der Waals surface area contributed by atoms with Crippen LogP contribution in [0.3, 0.4) is 0 Å². The first-order chi connectivity index (χ1) is 14.0. The Bertz CT molecular complexity index is 875. The van der Waals surface area contributed by atoms with Gasteiger partial charge in [-0.2, -0.15) is 0 Å². The second-order valence-corrected chi connectivity index (χ2v) is 9.76. The molecule has 1 fully saturated rings. The highest BCUT2D eigenvalue weighted by Crippen LogP contribution is 2.33. The van der Waals surface area contributed by atoms with Gasteiger partial charge in [-0.15, -0.1) is 0 Å². The molecule has 32 heavy (non-hydrogen) atoms. The molecule has 1 saturated heterocycles. The van der Waals surface area contributed by atoms with E-state index < -0.39 is 53.2 Å². The quantitative estimate of drug-likeness (QED) is 0.0821. The highest BCUT2D eigenvalue weighted by atomic mass is 127. The summed E-state index contributed by atoms with van der Waals surface area (Å²) in [6.07, 6.45) is -0.971. The van der Waals surface area contributed by atoms with Crippen molar-refractivity contribution in [2.45, 2.75) is 22.4 Å². The van der Waals surface area contributed by atoms with Gasteiger partial charge in [0.2, 0.25) is 0 Å². The number of ether oxygens (including phenoxy) is 1. The van der Waals surface area contributed by atoms with Crippen LogP contribution in [0.15, 0.2) is 21.9 Å². The Morgan fingerprint density at radius 3 is 1.59 bits per heavy atom. The average Bonchev–Trinajstić information content (AvgIpc) is 2.78. The van der Waals surface area contributed by atoms with Gasteiger partial charge in [0.1, 0.15) is 6.10 Å². The Hall–Kier alpha value is -0.380. The van der Waals surface area contributed by atoms with Crippen LogP contribution in [0.1, 0.15) is 6.23 Å². The van der Waals surface area contributed by atoms with Crippen LogP contribution in [-0.2, 0) is 18.4 Å². The Morgan fingerprint density at radius 2 is 1.31 bits per heavy atom. The van der Waals surface area contributed by atoms with Gasteiger partial charge in [0.25, 0.3) is 5.56 Å². The number of phosphoric acid groups is 3. The highest BCUT2D eigenvalue weighted by Gasteiger charge is 2.43. The maximum absolute atomic E-state index is 11.6. The van der Waals surface area contributed by atoms with E-state index in [1.165, 1.54) is 16.8 Å². The van der Waals surface area contributed by atoms with Crippen molar-refractivity contribution in [3.8, 4) is 0 Å². The molecule has 1 aliphatic rings. The zero-order valence-corrected chi connectivity index (χ0v) is 20.0. The lowest BCUT2D eigenvalue weighted by Gasteiger charge is -2.16. The molecule has 0 radical (unpaired) electrons.